The van der Waals surface area contributed by atoms with Crippen LogP contribution in [-0.2, 0) is 4.79 Å². The van der Waals surface area contributed by atoms with Gasteiger partial charge in [-0.3, -0.25) is 4.79 Å². The third kappa shape index (κ3) is 6.46. The van der Waals surface area contributed by atoms with Crippen LogP contribution in [0, 0.1) is 0 Å². The molecule has 14 heavy (non-hydrogen) atoms. The van der Waals surface area contributed by atoms with E-state index >= 15 is 0 Å². The van der Waals surface area contributed by atoms with E-state index in [1.807, 2.05) is 0 Å². The number of hydrogen-bond donors (Lipinski definition) is 1. The molecule has 0 bridgehead atoms. The minimum Gasteiger partial charge on any atom is -0.481 e. The SMILES string of the molecule is CC(=O)O.CC1=CCC(=C(C)C)CC1. The Kier molecular flexibility index (Phi) is 5.93. The molecular formula is C12H20O2. The molecule has 2 nitrogen and oxygen atoms in total. The van der Waals surface area contributed by atoms with Gasteiger partial charge in [-0.2, -0.15) is 0 Å². The molecule has 0 atom stereocenters. The summed E-state index contributed by atoms with van der Waals surface area (Å²) in [6.45, 7) is 7.73. The first kappa shape index (κ1) is 12.9. The number of carboxylic acids is 1. The lowest BCUT2D eigenvalue weighted by atomic mass is 9.93. The first-order valence-corrected chi connectivity index (χ1v) is 4.94. The second-order valence-corrected chi connectivity index (χ2v) is 3.88. The largest absolute Gasteiger partial charge is 0.481 e. The van der Waals surface area contributed by atoms with E-state index in [0.717, 1.165) is 6.92 Å². The maximum absolute atomic E-state index is 9.00. The number of allylic oxidation sites excluding steroid dienone is 4. The normalized spacial score (nSPS) is 15.1. The summed E-state index contributed by atoms with van der Waals surface area (Å²) in [6.07, 6.45) is 6.13. The van der Waals surface area contributed by atoms with Crippen molar-refractivity contribution in [3.8, 4) is 0 Å². The van der Waals surface area contributed by atoms with Crippen molar-refractivity contribution in [2.45, 2.75) is 47.0 Å². The van der Waals surface area contributed by atoms with E-state index in [1.54, 1.807) is 11.1 Å². The van der Waals surface area contributed by atoms with Gasteiger partial charge in [0, 0.05) is 6.92 Å². The molecule has 1 aliphatic carbocycles. The zero-order valence-electron chi connectivity index (χ0n) is 9.55. The second-order valence-electron chi connectivity index (χ2n) is 3.88. The quantitative estimate of drug-likeness (QED) is 0.602. The molecule has 0 aromatic carbocycles. The van der Waals surface area contributed by atoms with Crippen molar-refractivity contribution in [3.63, 3.8) is 0 Å². The Hall–Kier alpha value is -1.05. The Morgan fingerprint density at radius 2 is 1.79 bits per heavy atom. The Morgan fingerprint density at radius 3 is 2.07 bits per heavy atom. The minimum absolute atomic E-state index is 0.833. The lowest BCUT2D eigenvalue weighted by Gasteiger charge is -2.13. The average molecular weight is 196 g/mol. The van der Waals surface area contributed by atoms with E-state index in [-0.39, 0.29) is 0 Å². The Labute approximate surface area is 86.3 Å². The van der Waals surface area contributed by atoms with Gasteiger partial charge in [-0.1, -0.05) is 22.8 Å². The Bertz CT molecular complexity index is 251. The summed E-state index contributed by atoms with van der Waals surface area (Å²) in [5.41, 5.74) is 4.72. The van der Waals surface area contributed by atoms with E-state index < -0.39 is 5.97 Å². The first-order chi connectivity index (χ1) is 6.43. The third-order valence-corrected chi connectivity index (χ3v) is 2.23. The fraction of sp³-hybridized carbons (Fsp3) is 0.583. The van der Waals surface area contributed by atoms with Crippen LogP contribution < -0.4 is 0 Å². The maximum atomic E-state index is 9.00. The van der Waals surface area contributed by atoms with Crippen molar-refractivity contribution >= 4 is 5.97 Å². The van der Waals surface area contributed by atoms with Crippen LogP contribution in [0.25, 0.3) is 0 Å². The monoisotopic (exact) mass is 196 g/mol. The molecule has 0 heterocycles. The van der Waals surface area contributed by atoms with Crippen LogP contribution >= 0.6 is 0 Å². The molecule has 0 saturated carbocycles. The highest BCUT2D eigenvalue weighted by molar-refractivity contribution is 5.62. The zero-order valence-corrected chi connectivity index (χ0v) is 9.55. The predicted molar refractivity (Wildman–Crippen MR) is 59.3 cm³/mol. The van der Waals surface area contributed by atoms with Crippen LogP contribution in [-0.4, -0.2) is 11.1 Å². The van der Waals surface area contributed by atoms with E-state index in [0.29, 0.717) is 0 Å². The van der Waals surface area contributed by atoms with E-state index in [1.165, 1.54) is 24.8 Å². The molecule has 80 valence electrons. The van der Waals surface area contributed by atoms with E-state index in [9.17, 15) is 0 Å². The number of hydrogen-bond acceptors (Lipinski definition) is 1. The van der Waals surface area contributed by atoms with E-state index in [2.05, 4.69) is 26.8 Å². The Morgan fingerprint density at radius 1 is 1.29 bits per heavy atom. The van der Waals surface area contributed by atoms with Gasteiger partial charge in [-0.05, 0) is 40.0 Å². The zero-order chi connectivity index (χ0) is 11.1. The molecule has 0 amide bonds. The Balaban J connectivity index is 0.000000364. The third-order valence-electron chi connectivity index (χ3n) is 2.23. The highest BCUT2D eigenvalue weighted by Crippen LogP contribution is 2.24. The van der Waals surface area contributed by atoms with E-state index in [4.69, 9.17) is 9.90 Å². The van der Waals surface area contributed by atoms with Gasteiger partial charge in [-0.15, -0.1) is 0 Å². The highest BCUT2D eigenvalue weighted by atomic mass is 16.4. The molecular weight excluding hydrogens is 176 g/mol. The topological polar surface area (TPSA) is 37.3 Å². The molecule has 0 aliphatic heterocycles. The standard InChI is InChI=1S/C10H16.C2H4O2/c1-8(2)10-6-4-9(3)5-7-10;1-2(3)4/h4H,5-7H2,1-3H3;1H3,(H,3,4). The summed E-state index contributed by atoms with van der Waals surface area (Å²) in [6, 6.07) is 0. The average Bonchev–Trinajstić information content (AvgIpc) is 2.03. The summed E-state index contributed by atoms with van der Waals surface area (Å²) < 4.78 is 0. The van der Waals surface area contributed by atoms with Crippen LogP contribution in [0.3, 0.4) is 0 Å². The maximum Gasteiger partial charge on any atom is 0.300 e. The molecule has 1 N–H and O–H groups in total. The number of rotatable bonds is 0. The van der Waals surface area contributed by atoms with Gasteiger partial charge in [-0.25, -0.2) is 0 Å². The molecule has 1 rings (SSSR count). The molecule has 0 aromatic heterocycles. The van der Waals surface area contributed by atoms with Crippen molar-refractivity contribution in [2.24, 2.45) is 0 Å². The molecule has 0 aromatic rings. The van der Waals surface area contributed by atoms with Crippen molar-refractivity contribution < 1.29 is 9.90 Å². The summed E-state index contributed by atoms with van der Waals surface area (Å²) in [7, 11) is 0. The van der Waals surface area contributed by atoms with Gasteiger partial charge >= 0.3 is 0 Å². The number of aliphatic carboxylic acids is 1. The van der Waals surface area contributed by atoms with Crippen molar-refractivity contribution in [1.82, 2.24) is 0 Å². The lowest BCUT2D eigenvalue weighted by Crippen LogP contribution is -1.93. The van der Waals surface area contributed by atoms with Crippen molar-refractivity contribution in [2.75, 3.05) is 0 Å². The molecule has 1 aliphatic rings. The number of carboxylic acid groups (broad SMARTS) is 1. The van der Waals surface area contributed by atoms with Crippen LogP contribution in [0.5, 0.6) is 0 Å². The van der Waals surface area contributed by atoms with Crippen molar-refractivity contribution in [1.29, 1.82) is 0 Å². The van der Waals surface area contributed by atoms with Gasteiger partial charge in [0.05, 0.1) is 0 Å². The summed E-state index contributed by atoms with van der Waals surface area (Å²) in [4.78, 5) is 9.00. The molecule has 2 heteroatoms. The van der Waals surface area contributed by atoms with Gasteiger partial charge in [0.1, 0.15) is 0 Å². The fourth-order valence-corrected chi connectivity index (χ4v) is 1.30. The fourth-order valence-electron chi connectivity index (χ4n) is 1.30. The molecule has 0 fully saturated rings. The highest BCUT2D eigenvalue weighted by Gasteiger charge is 2.04. The summed E-state index contributed by atoms with van der Waals surface area (Å²) in [5, 5.41) is 7.42. The van der Waals surface area contributed by atoms with Crippen molar-refractivity contribution in [3.05, 3.63) is 22.8 Å². The molecule has 0 saturated heterocycles. The second kappa shape index (κ2) is 6.41. The number of carbonyl (C=O) groups is 1. The van der Waals surface area contributed by atoms with Crippen LogP contribution in [0.15, 0.2) is 22.8 Å². The lowest BCUT2D eigenvalue weighted by molar-refractivity contribution is -0.134. The van der Waals surface area contributed by atoms with Crippen LogP contribution in [0.1, 0.15) is 47.0 Å². The smallest absolute Gasteiger partial charge is 0.300 e. The van der Waals surface area contributed by atoms with Gasteiger partial charge in [0.15, 0.2) is 0 Å². The van der Waals surface area contributed by atoms with Gasteiger partial charge in [0.25, 0.3) is 5.97 Å². The summed E-state index contributed by atoms with van der Waals surface area (Å²) in [5.74, 6) is -0.833. The molecule has 0 unspecified atom stereocenters. The predicted octanol–water partition coefficient (Wildman–Crippen LogP) is 3.54. The molecule has 0 spiro atoms. The minimum atomic E-state index is -0.833. The van der Waals surface area contributed by atoms with Gasteiger partial charge < -0.3 is 5.11 Å². The summed E-state index contributed by atoms with van der Waals surface area (Å²) >= 11 is 0. The molecule has 0 radical (unpaired) electrons. The first-order valence-electron chi connectivity index (χ1n) is 4.94. The van der Waals surface area contributed by atoms with Gasteiger partial charge in [0.2, 0.25) is 0 Å². The van der Waals surface area contributed by atoms with Crippen LogP contribution in [0.2, 0.25) is 0 Å². The van der Waals surface area contributed by atoms with Crippen LogP contribution in [0.4, 0.5) is 0 Å².